The molecule has 2 fully saturated rings. The molecule has 7 heteroatoms. The first kappa shape index (κ1) is 18.5. The maximum atomic E-state index is 13.7. The molecule has 2 saturated carbocycles. The van der Waals surface area contributed by atoms with E-state index in [2.05, 4.69) is 16.2 Å². The number of alkyl carbamates (subject to hydrolysis) is 1. The molecule has 2 aliphatic rings. The molecule has 3 rings (SSSR count). The average Bonchev–Trinajstić information content (AvgIpc) is 3.13. The van der Waals surface area contributed by atoms with Gasteiger partial charge in [0.1, 0.15) is 11.4 Å². The van der Waals surface area contributed by atoms with Gasteiger partial charge in [0.2, 0.25) is 5.91 Å². The van der Waals surface area contributed by atoms with Gasteiger partial charge in [-0.1, -0.05) is 12.1 Å². The van der Waals surface area contributed by atoms with E-state index in [-0.39, 0.29) is 35.4 Å². The van der Waals surface area contributed by atoms with E-state index in [4.69, 9.17) is 4.74 Å². The standard InChI is InChI=1S/C19H26FN3O3/c1-19(2,3)26-18(25)21-16-12-9-8-11(10-12)15(16)17(24)23-22-14-7-5-4-6-13(14)20/h4-7,11-12,15-16,22H,8-10H2,1-3H3,(H,21,25)(H,23,24). The number of hydrogen-bond acceptors (Lipinski definition) is 4. The van der Waals surface area contributed by atoms with Crippen LogP contribution in [0.2, 0.25) is 0 Å². The number of hydrazine groups is 1. The van der Waals surface area contributed by atoms with Crippen LogP contribution in [0.4, 0.5) is 14.9 Å². The number of benzene rings is 1. The predicted octanol–water partition coefficient (Wildman–Crippen LogP) is 3.21. The molecule has 0 aliphatic heterocycles. The number of fused-ring (bicyclic) bond motifs is 2. The molecular weight excluding hydrogens is 337 g/mol. The fourth-order valence-corrected chi connectivity index (χ4v) is 4.09. The van der Waals surface area contributed by atoms with Crippen LogP contribution in [-0.2, 0) is 9.53 Å². The first-order valence-corrected chi connectivity index (χ1v) is 9.04. The molecule has 3 N–H and O–H groups in total. The Balaban J connectivity index is 1.63. The first-order valence-electron chi connectivity index (χ1n) is 9.04. The molecule has 2 bridgehead atoms. The van der Waals surface area contributed by atoms with Crippen molar-refractivity contribution < 1.29 is 18.7 Å². The number of rotatable bonds is 4. The number of halogens is 1. The van der Waals surface area contributed by atoms with Crippen molar-refractivity contribution in [1.82, 2.24) is 10.7 Å². The smallest absolute Gasteiger partial charge is 0.407 e. The van der Waals surface area contributed by atoms with Gasteiger partial charge < -0.3 is 10.1 Å². The lowest BCUT2D eigenvalue weighted by Gasteiger charge is -2.31. The van der Waals surface area contributed by atoms with E-state index in [9.17, 15) is 14.0 Å². The Morgan fingerprint density at radius 3 is 2.54 bits per heavy atom. The molecule has 4 unspecified atom stereocenters. The highest BCUT2D eigenvalue weighted by Crippen LogP contribution is 2.48. The van der Waals surface area contributed by atoms with Gasteiger partial charge in [0.25, 0.3) is 0 Å². The van der Waals surface area contributed by atoms with Crippen molar-refractivity contribution in [2.45, 2.75) is 51.7 Å². The lowest BCUT2D eigenvalue weighted by molar-refractivity contribution is -0.126. The lowest BCUT2D eigenvalue weighted by atomic mass is 9.84. The molecule has 0 radical (unpaired) electrons. The summed E-state index contributed by atoms with van der Waals surface area (Å²) in [5, 5.41) is 2.88. The van der Waals surface area contributed by atoms with Crippen molar-refractivity contribution in [3.8, 4) is 0 Å². The molecular formula is C19H26FN3O3. The quantitative estimate of drug-likeness (QED) is 0.718. The second kappa shape index (κ2) is 7.13. The maximum Gasteiger partial charge on any atom is 0.407 e. The van der Waals surface area contributed by atoms with Crippen LogP contribution in [-0.4, -0.2) is 23.6 Å². The average molecular weight is 363 g/mol. The van der Waals surface area contributed by atoms with E-state index in [1.54, 1.807) is 39.0 Å². The van der Waals surface area contributed by atoms with Crippen molar-refractivity contribution in [1.29, 1.82) is 0 Å². The topological polar surface area (TPSA) is 79.5 Å². The molecule has 0 heterocycles. The second-order valence-electron chi connectivity index (χ2n) is 8.13. The van der Waals surface area contributed by atoms with Gasteiger partial charge in [0, 0.05) is 6.04 Å². The van der Waals surface area contributed by atoms with E-state index < -0.39 is 17.5 Å². The van der Waals surface area contributed by atoms with Crippen LogP contribution in [0.5, 0.6) is 0 Å². The van der Waals surface area contributed by atoms with E-state index in [0.29, 0.717) is 0 Å². The Labute approximate surface area is 152 Å². The number of anilines is 1. The molecule has 6 nitrogen and oxygen atoms in total. The summed E-state index contributed by atoms with van der Waals surface area (Å²) in [6, 6.07) is 5.87. The third kappa shape index (κ3) is 4.08. The molecule has 1 aromatic rings. The van der Waals surface area contributed by atoms with E-state index >= 15 is 0 Å². The Morgan fingerprint density at radius 2 is 1.85 bits per heavy atom. The summed E-state index contributed by atoms with van der Waals surface area (Å²) in [5.41, 5.74) is 4.86. The highest BCUT2D eigenvalue weighted by atomic mass is 19.1. The first-order chi connectivity index (χ1) is 12.2. The van der Waals surface area contributed by atoms with Crippen LogP contribution < -0.4 is 16.2 Å². The SMILES string of the molecule is CC(C)(C)OC(=O)NC1C2CCC(C2)C1C(=O)NNc1ccccc1F. The number of hydrogen-bond donors (Lipinski definition) is 3. The van der Waals surface area contributed by atoms with Crippen molar-refractivity contribution in [2.24, 2.45) is 17.8 Å². The van der Waals surface area contributed by atoms with E-state index in [1.807, 2.05) is 0 Å². The minimum absolute atomic E-state index is 0.209. The summed E-state index contributed by atoms with van der Waals surface area (Å²) >= 11 is 0. The normalized spacial score (nSPS) is 27.1. The summed E-state index contributed by atoms with van der Waals surface area (Å²) < 4.78 is 19.0. The minimum Gasteiger partial charge on any atom is -0.444 e. The van der Waals surface area contributed by atoms with Gasteiger partial charge in [-0.3, -0.25) is 15.6 Å². The fourth-order valence-electron chi connectivity index (χ4n) is 4.09. The van der Waals surface area contributed by atoms with Crippen LogP contribution in [0.15, 0.2) is 24.3 Å². The van der Waals surface area contributed by atoms with Crippen molar-refractivity contribution in [2.75, 3.05) is 5.43 Å². The van der Waals surface area contributed by atoms with Gasteiger partial charge >= 0.3 is 6.09 Å². The third-order valence-electron chi connectivity index (χ3n) is 5.10. The van der Waals surface area contributed by atoms with Crippen LogP contribution in [0.1, 0.15) is 40.0 Å². The molecule has 1 aromatic carbocycles. The van der Waals surface area contributed by atoms with Crippen molar-refractivity contribution in [3.63, 3.8) is 0 Å². The zero-order valence-corrected chi connectivity index (χ0v) is 15.3. The summed E-state index contributed by atoms with van der Waals surface area (Å²) in [7, 11) is 0. The van der Waals surface area contributed by atoms with Crippen LogP contribution in [0.25, 0.3) is 0 Å². The molecule has 0 aromatic heterocycles. The van der Waals surface area contributed by atoms with Crippen molar-refractivity contribution >= 4 is 17.7 Å². The Morgan fingerprint density at radius 1 is 1.15 bits per heavy atom. The fraction of sp³-hybridized carbons (Fsp3) is 0.579. The lowest BCUT2D eigenvalue weighted by Crippen LogP contribution is -2.51. The van der Waals surface area contributed by atoms with E-state index in [0.717, 1.165) is 19.3 Å². The zero-order chi connectivity index (χ0) is 18.9. The Kier molecular flexibility index (Phi) is 5.07. The van der Waals surface area contributed by atoms with Crippen LogP contribution in [0.3, 0.4) is 0 Å². The Hall–Kier alpha value is -2.31. The molecule has 2 aliphatic carbocycles. The Bertz CT molecular complexity index is 689. The van der Waals surface area contributed by atoms with Crippen molar-refractivity contribution in [3.05, 3.63) is 30.1 Å². The largest absolute Gasteiger partial charge is 0.444 e. The van der Waals surface area contributed by atoms with Gasteiger partial charge in [0.05, 0.1) is 11.6 Å². The molecule has 0 spiro atoms. The summed E-state index contributed by atoms with van der Waals surface area (Å²) in [6.45, 7) is 5.40. The summed E-state index contributed by atoms with van der Waals surface area (Å²) in [5.74, 6) is -0.523. The number of carbonyl (C=O) groups is 2. The number of para-hydroxylation sites is 1. The van der Waals surface area contributed by atoms with E-state index in [1.165, 1.54) is 6.07 Å². The van der Waals surface area contributed by atoms with Crippen LogP contribution in [0, 0.1) is 23.6 Å². The molecule has 26 heavy (non-hydrogen) atoms. The highest BCUT2D eigenvalue weighted by Gasteiger charge is 2.51. The number of amides is 2. The zero-order valence-electron chi connectivity index (χ0n) is 15.3. The van der Waals surface area contributed by atoms with Gasteiger partial charge in [-0.2, -0.15) is 0 Å². The molecule has 2 amide bonds. The number of ether oxygens (including phenoxy) is 1. The third-order valence-corrected chi connectivity index (χ3v) is 5.10. The summed E-state index contributed by atoms with van der Waals surface area (Å²) in [6.07, 6.45) is 2.37. The molecule has 4 atom stereocenters. The van der Waals surface area contributed by atoms with Gasteiger partial charge in [-0.15, -0.1) is 0 Å². The number of carbonyl (C=O) groups excluding carboxylic acids is 2. The molecule has 0 saturated heterocycles. The van der Waals surface area contributed by atoms with Crippen LogP contribution >= 0.6 is 0 Å². The second-order valence-corrected chi connectivity index (χ2v) is 8.13. The summed E-state index contributed by atoms with van der Waals surface area (Å²) in [4.78, 5) is 24.9. The highest BCUT2D eigenvalue weighted by molar-refractivity contribution is 5.82. The van der Waals surface area contributed by atoms with Gasteiger partial charge in [-0.25, -0.2) is 9.18 Å². The van der Waals surface area contributed by atoms with Gasteiger partial charge in [0.15, 0.2) is 0 Å². The number of nitrogens with one attached hydrogen (secondary N) is 3. The maximum absolute atomic E-state index is 13.7. The predicted molar refractivity (Wildman–Crippen MR) is 95.6 cm³/mol. The monoisotopic (exact) mass is 363 g/mol. The molecule has 142 valence electrons. The minimum atomic E-state index is -0.591. The van der Waals surface area contributed by atoms with Gasteiger partial charge in [-0.05, 0) is 64.0 Å².